The van der Waals surface area contributed by atoms with Gasteiger partial charge in [0.1, 0.15) is 5.82 Å². The summed E-state index contributed by atoms with van der Waals surface area (Å²) in [5, 5.41) is 11.1. The third-order valence-corrected chi connectivity index (χ3v) is 6.10. The number of carbonyl (C=O) groups is 2. The molecule has 0 N–H and O–H groups in total. The van der Waals surface area contributed by atoms with Crippen molar-refractivity contribution in [1.82, 2.24) is 0 Å². The second-order valence-electron chi connectivity index (χ2n) is 8.73. The van der Waals surface area contributed by atoms with Crippen LogP contribution in [0.3, 0.4) is 0 Å². The van der Waals surface area contributed by atoms with Crippen LogP contribution < -0.4 is 4.90 Å². The molecule has 160 valence electrons. The van der Waals surface area contributed by atoms with Gasteiger partial charge < -0.3 is 0 Å². The van der Waals surface area contributed by atoms with Gasteiger partial charge >= 0.3 is 0 Å². The number of hydrogen-bond donors (Lipinski definition) is 0. The Labute approximate surface area is 183 Å². The minimum absolute atomic E-state index is 0.0178. The Balaban J connectivity index is 1.89. The molecule has 1 amide bonds. The van der Waals surface area contributed by atoms with Crippen LogP contribution in [0.4, 0.5) is 15.8 Å². The molecule has 1 aliphatic heterocycles. The molecule has 0 spiro atoms. The van der Waals surface area contributed by atoms with Gasteiger partial charge in [-0.15, -0.1) is 0 Å². The molecule has 0 fully saturated rings. The van der Waals surface area contributed by atoms with Gasteiger partial charge in [0, 0.05) is 42.2 Å². The SMILES string of the molecule is CC1(C)CC(=O)C2=C(C1)N(c1ccc([N+](=O)[O-])cc1Cl)C(=O)CC2c1ccc(F)cc1. The van der Waals surface area contributed by atoms with Crippen LogP contribution in [-0.4, -0.2) is 16.6 Å². The number of nitro groups is 1. The van der Waals surface area contributed by atoms with E-state index in [2.05, 4.69) is 0 Å². The predicted molar refractivity (Wildman–Crippen MR) is 114 cm³/mol. The van der Waals surface area contributed by atoms with Crippen molar-refractivity contribution in [3.8, 4) is 0 Å². The molecule has 0 saturated heterocycles. The number of halogens is 2. The number of rotatable bonds is 3. The van der Waals surface area contributed by atoms with Crippen molar-refractivity contribution in [2.24, 2.45) is 5.41 Å². The van der Waals surface area contributed by atoms with Crippen molar-refractivity contribution in [2.75, 3.05) is 4.90 Å². The van der Waals surface area contributed by atoms with Crippen molar-refractivity contribution >= 4 is 34.7 Å². The van der Waals surface area contributed by atoms with Crippen molar-refractivity contribution in [3.63, 3.8) is 0 Å². The van der Waals surface area contributed by atoms with E-state index in [9.17, 15) is 24.1 Å². The van der Waals surface area contributed by atoms with Gasteiger partial charge in [-0.2, -0.15) is 0 Å². The lowest BCUT2D eigenvalue weighted by Crippen LogP contribution is -2.43. The second-order valence-corrected chi connectivity index (χ2v) is 9.14. The second kappa shape index (κ2) is 7.57. The zero-order valence-electron chi connectivity index (χ0n) is 17.0. The summed E-state index contributed by atoms with van der Waals surface area (Å²) in [6.45, 7) is 3.91. The fraction of sp³-hybridized carbons (Fsp3) is 0.304. The van der Waals surface area contributed by atoms with Crippen LogP contribution in [0.5, 0.6) is 0 Å². The van der Waals surface area contributed by atoms with E-state index in [1.807, 2.05) is 13.8 Å². The molecular formula is C23H20ClFN2O4. The van der Waals surface area contributed by atoms with Crippen LogP contribution in [0.15, 0.2) is 53.7 Å². The molecule has 1 atom stereocenters. The minimum atomic E-state index is -0.559. The average Bonchev–Trinajstić information content (AvgIpc) is 2.67. The van der Waals surface area contributed by atoms with E-state index < -0.39 is 16.7 Å². The maximum atomic E-state index is 13.4. The van der Waals surface area contributed by atoms with Crippen molar-refractivity contribution in [1.29, 1.82) is 0 Å². The zero-order valence-corrected chi connectivity index (χ0v) is 17.8. The summed E-state index contributed by atoms with van der Waals surface area (Å²) in [5.41, 5.74) is 1.54. The standard InChI is InChI=1S/C23H20ClFN2O4/c1-23(2)11-19-22(20(28)12-23)16(13-3-5-14(25)6-4-13)10-21(29)26(19)18-8-7-15(27(30)31)9-17(18)24/h3-9,16H,10-12H2,1-2H3. The number of nitrogens with zero attached hydrogens (tertiary/aromatic N) is 2. The largest absolute Gasteiger partial charge is 0.294 e. The first-order chi connectivity index (χ1) is 14.6. The van der Waals surface area contributed by atoms with Crippen molar-refractivity contribution < 1.29 is 18.9 Å². The number of hydrogen-bond acceptors (Lipinski definition) is 4. The summed E-state index contributed by atoms with van der Waals surface area (Å²) in [5.74, 6) is -1.19. The number of benzene rings is 2. The van der Waals surface area contributed by atoms with E-state index in [0.717, 1.165) is 0 Å². The number of Topliss-reactive ketones (excluding diaryl/α,β-unsaturated/α-hetero) is 1. The highest BCUT2D eigenvalue weighted by atomic mass is 35.5. The van der Waals surface area contributed by atoms with Crippen LogP contribution in [0.2, 0.25) is 5.02 Å². The summed E-state index contributed by atoms with van der Waals surface area (Å²) in [4.78, 5) is 38.5. The first kappa shape index (κ1) is 21.2. The van der Waals surface area contributed by atoms with E-state index in [-0.39, 0.29) is 34.2 Å². The van der Waals surface area contributed by atoms with E-state index >= 15 is 0 Å². The lowest BCUT2D eigenvalue weighted by atomic mass is 9.69. The lowest BCUT2D eigenvalue weighted by Gasteiger charge is -2.43. The molecule has 8 heteroatoms. The lowest BCUT2D eigenvalue weighted by molar-refractivity contribution is -0.384. The van der Waals surface area contributed by atoms with Gasteiger partial charge in [-0.25, -0.2) is 4.39 Å². The first-order valence-corrected chi connectivity index (χ1v) is 10.2. The summed E-state index contributed by atoms with van der Waals surface area (Å²) in [6.07, 6.45) is 0.814. The summed E-state index contributed by atoms with van der Waals surface area (Å²) >= 11 is 6.33. The number of allylic oxidation sites excluding steroid dienone is 2. The molecule has 2 aliphatic rings. The molecule has 6 nitrogen and oxygen atoms in total. The average molecular weight is 443 g/mol. The van der Waals surface area contributed by atoms with Crippen molar-refractivity contribution in [3.05, 3.63) is 80.3 Å². The highest BCUT2D eigenvalue weighted by Gasteiger charge is 2.44. The third-order valence-electron chi connectivity index (χ3n) is 5.80. The van der Waals surface area contributed by atoms with Gasteiger partial charge in [0.25, 0.3) is 5.69 Å². The van der Waals surface area contributed by atoms with Crippen LogP contribution in [0, 0.1) is 21.3 Å². The Kier molecular flexibility index (Phi) is 5.17. The van der Waals surface area contributed by atoms with Crippen LogP contribution in [0.1, 0.15) is 44.6 Å². The molecular weight excluding hydrogens is 423 g/mol. The van der Waals surface area contributed by atoms with Gasteiger partial charge in [-0.3, -0.25) is 24.6 Å². The topological polar surface area (TPSA) is 80.5 Å². The molecule has 4 rings (SSSR count). The molecule has 2 aromatic rings. The van der Waals surface area contributed by atoms with E-state index in [4.69, 9.17) is 11.6 Å². The molecule has 0 bridgehead atoms. The summed E-state index contributed by atoms with van der Waals surface area (Å²) < 4.78 is 13.4. The number of ketones is 1. The highest BCUT2D eigenvalue weighted by molar-refractivity contribution is 6.34. The predicted octanol–water partition coefficient (Wildman–Crippen LogP) is 5.55. The Morgan fingerprint density at radius 3 is 2.42 bits per heavy atom. The van der Waals surface area contributed by atoms with E-state index in [1.165, 1.54) is 35.2 Å². The normalized spacial score (nSPS) is 20.6. The first-order valence-electron chi connectivity index (χ1n) is 9.86. The molecule has 0 aromatic heterocycles. The van der Waals surface area contributed by atoms with Gasteiger partial charge in [0.2, 0.25) is 5.91 Å². The maximum absolute atomic E-state index is 13.4. The summed E-state index contributed by atoms with van der Waals surface area (Å²) in [7, 11) is 0. The van der Waals surface area contributed by atoms with Crippen LogP contribution in [-0.2, 0) is 9.59 Å². The monoisotopic (exact) mass is 442 g/mol. The zero-order chi connectivity index (χ0) is 22.5. The molecule has 1 unspecified atom stereocenters. The van der Waals surface area contributed by atoms with Gasteiger partial charge in [0.15, 0.2) is 5.78 Å². The van der Waals surface area contributed by atoms with Crippen LogP contribution in [0.25, 0.3) is 0 Å². The number of amides is 1. The molecule has 0 saturated carbocycles. The van der Waals surface area contributed by atoms with Crippen molar-refractivity contribution in [2.45, 2.75) is 39.0 Å². The fourth-order valence-corrected chi connectivity index (χ4v) is 4.72. The molecule has 1 aliphatic carbocycles. The quantitative estimate of drug-likeness (QED) is 0.461. The smallest absolute Gasteiger partial charge is 0.271 e. The molecule has 2 aromatic carbocycles. The Bertz CT molecular complexity index is 1140. The van der Waals surface area contributed by atoms with E-state index in [1.54, 1.807) is 12.1 Å². The van der Waals surface area contributed by atoms with Crippen LogP contribution >= 0.6 is 11.6 Å². The molecule has 1 heterocycles. The van der Waals surface area contributed by atoms with E-state index in [0.29, 0.717) is 35.4 Å². The fourth-order valence-electron chi connectivity index (χ4n) is 4.47. The van der Waals surface area contributed by atoms with Gasteiger partial charge in [0.05, 0.1) is 15.6 Å². The van der Waals surface area contributed by atoms with Gasteiger partial charge in [-0.05, 0) is 35.6 Å². The minimum Gasteiger partial charge on any atom is -0.294 e. The third kappa shape index (κ3) is 3.85. The Hall–Kier alpha value is -3.06. The number of non-ortho nitro benzene ring substituents is 1. The number of carbonyl (C=O) groups excluding carboxylic acids is 2. The maximum Gasteiger partial charge on any atom is 0.271 e. The van der Waals surface area contributed by atoms with Gasteiger partial charge in [-0.1, -0.05) is 37.6 Å². The number of anilines is 1. The molecule has 31 heavy (non-hydrogen) atoms. The summed E-state index contributed by atoms with van der Waals surface area (Å²) in [6, 6.07) is 9.75. The number of nitro benzene ring substituents is 1. The molecule has 0 radical (unpaired) electrons. The Morgan fingerprint density at radius 1 is 1.13 bits per heavy atom. The Morgan fingerprint density at radius 2 is 1.81 bits per heavy atom. The highest BCUT2D eigenvalue weighted by Crippen LogP contribution is 2.49.